The number of esters is 1. The first kappa shape index (κ1) is 8.62. The van der Waals surface area contributed by atoms with Crippen molar-refractivity contribution in [3.05, 3.63) is 30.0 Å². The molecular weight excluding hydrogens is 184 g/mol. The maximum atomic E-state index is 11.2. The zero-order chi connectivity index (χ0) is 10.1. The van der Waals surface area contributed by atoms with E-state index in [-0.39, 0.29) is 5.75 Å². The molecule has 14 heavy (non-hydrogen) atoms. The molecule has 0 saturated carbocycles. The SMILES string of the molecule is COC(=O)c1coc2ccc(O)cc12. The van der Waals surface area contributed by atoms with Crippen molar-refractivity contribution in [3.8, 4) is 5.75 Å². The molecule has 1 N–H and O–H groups in total. The summed E-state index contributed by atoms with van der Waals surface area (Å²) in [7, 11) is 1.30. The molecule has 0 saturated heterocycles. The monoisotopic (exact) mass is 192 g/mol. The summed E-state index contributed by atoms with van der Waals surface area (Å²) in [5, 5.41) is 9.79. The summed E-state index contributed by atoms with van der Waals surface area (Å²) in [6, 6.07) is 4.55. The lowest BCUT2D eigenvalue weighted by Crippen LogP contribution is -1.99. The van der Waals surface area contributed by atoms with Crippen LogP contribution in [0.1, 0.15) is 10.4 Å². The van der Waals surface area contributed by atoms with Crippen LogP contribution >= 0.6 is 0 Å². The van der Waals surface area contributed by atoms with E-state index in [9.17, 15) is 9.90 Å². The molecule has 0 radical (unpaired) electrons. The third-order valence-corrected chi connectivity index (χ3v) is 1.96. The number of methoxy groups -OCH3 is 1. The first-order valence-electron chi connectivity index (χ1n) is 4.01. The number of phenols is 1. The molecule has 0 aliphatic rings. The molecule has 0 fully saturated rings. The summed E-state index contributed by atoms with van der Waals surface area (Å²) < 4.78 is 9.68. The first-order valence-corrected chi connectivity index (χ1v) is 4.01. The molecule has 0 unspecified atom stereocenters. The number of benzene rings is 1. The van der Waals surface area contributed by atoms with Crippen LogP contribution in [0, 0.1) is 0 Å². The highest BCUT2D eigenvalue weighted by Crippen LogP contribution is 2.25. The first-order chi connectivity index (χ1) is 6.72. The Labute approximate surface area is 79.7 Å². The fourth-order valence-electron chi connectivity index (χ4n) is 1.29. The van der Waals surface area contributed by atoms with E-state index in [1.165, 1.54) is 25.5 Å². The van der Waals surface area contributed by atoms with Gasteiger partial charge in [0.1, 0.15) is 23.2 Å². The minimum Gasteiger partial charge on any atom is -0.508 e. The molecule has 0 aliphatic carbocycles. The van der Waals surface area contributed by atoms with E-state index >= 15 is 0 Å². The van der Waals surface area contributed by atoms with Crippen LogP contribution in [0.2, 0.25) is 0 Å². The lowest BCUT2D eigenvalue weighted by molar-refractivity contribution is 0.0602. The van der Waals surface area contributed by atoms with Gasteiger partial charge in [0.05, 0.1) is 7.11 Å². The van der Waals surface area contributed by atoms with E-state index in [2.05, 4.69) is 4.74 Å². The zero-order valence-corrected chi connectivity index (χ0v) is 7.48. The Morgan fingerprint density at radius 1 is 1.50 bits per heavy atom. The topological polar surface area (TPSA) is 59.7 Å². The molecule has 2 rings (SSSR count). The van der Waals surface area contributed by atoms with Crippen LogP contribution in [-0.4, -0.2) is 18.2 Å². The van der Waals surface area contributed by atoms with Gasteiger partial charge in [-0.15, -0.1) is 0 Å². The van der Waals surface area contributed by atoms with Crippen LogP contribution in [0.15, 0.2) is 28.9 Å². The van der Waals surface area contributed by atoms with Gasteiger partial charge in [-0.25, -0.2) is 4.79 Å². The van der Waals surface area contributed by atoms with Crippen molar-refractivity contribution < 1.29 is 19.1 Å². The zero-order valence-electron chi connectivity index (χ0n) is 7.48. The third kappa shape index (κ3) is 1.21. The smallest absolute Gasteiger partial charge is 0.341 e. The van der Waals surface area contributed by atoms with Crippen molar-refractivity contribution in [3.63, 3.8) is 0 Å². The average Bonchev–Trinajstić information content (AvgIpc) is 2.59. The minimum atomic E-state index is -0.477. The molecule has 0 atom stereocenters. The number of furan rings is 1. The summed E-state index contributed by atoms with van der Waals surface area (Å²) in [4.78, 5) is 11.2. The minimum absolute atomic E-state index is 0.0871. The molecule has 1 aromatic heterocycles. The average molecular weight is 192 g/mol. The van der Waals surface area contributed by atoms with E-state index in [0.717, 1.165) is 0 Å². The van der Waals surface area contributed by atoms with Crippen molar-refractivity contribution in [1.29, 1.82) is 0 Å². The number of phenolic OH excluding ortho intramolecular Hbond substituents is 1. The van der Waals surface area contributed by atoms with E-state index in [1.54, 1.807) is 6.07 Å². The summed E-state index contributed by atoms with van der Waals surface area (Å²) in [6.07, 6.45) is 1.32. The molecule has 0 amide bonds. The lowest BCUT2D eigenvalue weighted by Gasteiger charge is -1.95. The Balaban J connectivity index is 2.67. The van der Waals surface area contributed by atoms with Crippen LogP contribution in [0.3, 0.4) is 0 Å². The second-order valence-electron chi connectivity index (χ2n) is 2.82. The van der Waals surface area contributed by atoms with E-state index in [1.807, 2.05) is 0 Å². The van der Waals surface area contributed by atoms with Gasteiger partial charge in [0.25, 0.3) is 0 Å². The van der Waals surface area contributed by atoms with Crippen molar-refractivity contribution in [2.75, 3.05) is 7.11 Å². The van der Waals surface area contributed by atoms with Crippen molar-refractivity contribution in [1.82, 2.24) is 0 Å². The predicted molar refractivity (Wildman–Crippen MR) is 49.2 cm³/mol. The van der Waals surface area contributed by atoms with Gasteiger partial charge in [0.15, 0.2) is 0 Å². The van der Waals surface area contributed by atoms with Gasteiger partial charge in [0.2, 0.25) is 0 Å². The number of hydrogen-bond acceptors (Lipinski definition) is 4. The van der Waals surface area contributed by atoms with E-state index in [4.69, 9.17) is 4.42 Å². The Hall–Kier alpha value is -1.97. The second-order valence-corrected chi connectivity index (χ2v) is 2.82. The maximum Gasteiger partial charge on any atom is 0.341 e. The van der Waals surface area contributed by atoms with Crippen molar-refractivity contribution in [2.24, 2.45) is 0 Å². The summed E-state index contributed by atoms with van der Waals surface area (Å²) >= 11 is 0. The van der Waals surface area contributed by atoms with Crippen molar-refractivity contribution >= 4 is 16.9 Å². The fourth-order valence-corrected chi connectivity index (χ4v) is 1.29. The van der Waals surface area contributed by atoms with Crippen LogP contribution < -0.4 is 0 Å². The van der Waals surface area contributed by atoms with Gasteiger partial charge in [-0.1, -0.05) is 0 Å². The van der Waals surface area contributed by atoms with Gasteiger partial charge in [-0.05, 0) is 18.2 Å². The van der Waals surface area contributed by atoms with Crippen LogP contribution in [0.5, 0.6) is 5.75 Å². The summed E-state index contributed by atoms with van der Waals surface area (Å²) in [6.45, 7) is 0. The quantitative estimate of drug-likeness (QED) is 0.701. The Morgan fingerprint density at radius 3 is 3.00 bits per heavy atom. The second kappa shape index (κ2) is 3.06. The lowest BCUT2D eigenvalue weighted by atomic mass is 10.2. The molecule has 0 aliphatic heterocycles. The maximum absolute atomic E-state index is 11.2. The highest BCUT2D eigenvalue weighted by molar-refractivity contribution is 6.03. The predicted octanol–water partition coefficient (Wildman–Crippen LogP) is 1.93. The number of rotatable bonds is 1. The molecule has 2 aromatic rings. The number of carbonyl (C=O) groups excluding carboxylic acids is 1. The number of fused-ring (bicyclic) bond motifs is 1. The number of hydrogen-bond donors (Lipinski definition) is 1. The molecule has 0 bridgehead atoms. The highest BCUT2D eigenvalue weighted by atomic mass is 16.5. The Bertz CT molecular complexity index is 484. The summed E-state index contributed by atoms with van der Waals surface area (Å²) in [5.74, 6) is -0.390. The fraction of sp³-hybridized carbons (Fsp3) is 0.100. The van der Waals surface area contributed by atoms with Gasteiger partial charge in [0, 0.05) is 5.39 Å². The third-order valence-electron chi connectivity index (χ3n) is 1.96. The Morgan fingerprint density at radius 2 is 2.29 bits per heavy atom. The van der Waals surface area contributed by atoms with Crippen LogP contribution in [0.25, 0.3) is 11.0 Å². The molecule has 72 valence electrons. The molecule has 1 heterocycles. The Kier molecular flexibility index (Phi) is 1.89. The number of carbonyl (C=O) groups is 1. The van der Waals surface area contributed by atoms with Gasteiger partial charge in [-0.3, -0.25) is 0 Å². The molecule has 4 nitrogen and oxygen atoms in total. The number of ether oxygens (including phenoxy) is 1. The van der Waals surface area contributed by atoms with Gasteiger partial charge in [-0.2, -0.15) is 0 Å². The highest BCUT2D eigenvalue weighted by Gasteiger charge is 2.13. The molecular formula is C10H8O4. The molecule has 0 spiro atoms. The van der Waals surface area contributed by atoms with E-state index in [0.29, 0.717) is 16.5 Å². The normalized spacial score (nSPS) is 10.4. The van der Waals surface area contributed by atoms with E-state index < -0.39 is 5.97 Å². The molecule has 4 heteroatoms. The van der Waals surface area contributed by atoms with Gasteiger partial charge < -0.3 is 14.3 Å². The van der Waals surface area contributed by atoms with Gasteiger partial charge >= 0.3 is 5.97 Å². The summed E-state index contributed by atoms with van der Waals surface area (Å²) in [5.41, 5.74) is 0.863. The standard InChI is InChI=1S/C10H8O4/c1-13-10(12)8-5-14-9-3-2-6(11)4-7(8)9/h2-5,11H,1H3. The molecule has 1 aromatic carbocycles. The van der Waals surface area contributed by atoms with Crippen molar-refractivity contribution in [2.45, 2.75) is 0 Å². The largest absolute Gasteiger partial charge is 0.508 e. The van der Waals surface area contributed by atoms with Crippen LogP contribution in [0.4, 0.5) is 0 Å². The van der Waals surface area contributed by atoms with Crippen LogP contribution in [-0.2, 0) is 4.74 Å². The number of aromatic hydroxyl groups is 1.